The summed E-state index contributed by atoms with van der Waals surface area (Å²) >= 11 is 0. The number of para-hydroxylation sites is 2. The van der Waals surface area contributed by atoms with E-state index in [4.69, 9.17) is 14.2 Å². The molecule has 0 radical (unpaired) electrons. The summed E-state index contributed by atoms with van der Waals surface area (Å²) in [6, 6.07) is 32.4. The molecule has 3 heterocycles. The van der Waals surface area contributed by atoms with Crippen LogP contribution in [-0.2, 0) is 27.4 Å². The minimum atomic E-state index is -0.515. The average molecular weight is 659 g/mol. The minimum Gasteiger partial charge on any atom is -0.392 e. The molecule has 2 fully saturated rings. The number of carbonyl (C=O) groups is 1. The van der Waals surface area contributed by atoms with E-state index in [0.29, 0.717) is 23.8 Å². The Balaban J connectivity index is 1.04. The Labute approximate surface area is 286 Å². The van der Waals surface area contributed by atoms with E-state index in [-0.39, 0.29) is 24.7 Å². The number of fused-ring (bicyclic) bond motifs is 1. The Bertz CT molecular complexity index is 1870. The number of amides is 1. The zero-order chi connectivity index (χ0) is 33.6. The molecule has 49 heavy (non-hydrogen) atoms. The first kappa shape index (κ1) is 33.0. The number of nitrogens with one attached hydrogen (secondary N) is 1. The molecule has 0 aliphatic carbocycles. The number of methoxy groups -OCH3 is 1. The van der Waals surface area contributed by atoms with Gasteiger partial charge in [0.1, 0.15) is 5.69 Å². The first-order valence-corrected chi connectivity index (χ1v) is 17.0. The number of nitrogens with zero attached hydrogens (tertiary/aromatic N) is 3. The Kier molecular flexibility index (Phi) is 10.3. The molecule has 9 heteroatoms. The second-order valence-corrected chi connectivity index (χ2v) is 12.8. The lowest BCUT2D eigenvalue weighted by Crippen LogP contribution is -2.42. The molecule has 0 bridgehead atoms. The van der Waals surface area contributed by atoms with E-state index in [1.165, 1.54) is 12.6 Å². The largest absolute Gasteiger partial charge is 0.392 e. The highest BCUT2D eigenvalue weighted by Gasteiger charge is 2.35. The number of hydrogen-bond donors (Lipinski definition) is 2. The van der Waals surface area contributed by atoms with Crippen molar-refractivity contribution in [3.05, 3.63) is 131 Å². The van der Waals surface area contributed by atoms with Gasteiger partial charge in [0.25, 0.3) is 5.91 Å². The van der Waals surface area contributed by atoms with Crippen LogP contribution in [0.2, 0.25) is 0 Å². The van der Waals surface area contributed by atoms with Crippen LogP contribution in [0.1, 0.15) is 64.4 Å². The fourth-order valence-corrected chi connectivity index (χ4v) is 6.84. The molecule has 4 unspecified atom stereocenters. The van der Waals surface area contributed by atoms with Gasteiger partial charge in [-0.25, -0.2) is 4.98 Å². The van der Waals surface area contributed by atoms with Crippen LogP contribution in [0, 0.1) is 0 Å². The number of aromatic nitrogens is 2. The van der Waals surface area contributed by atoms with Crippen molar-refractivity contribution in [1.29, 1.82) is 0 Å². The van der Waals surface area contributed by atoms with Crippen molar-refractivity contribution in [3.63, 3.8) is 0 Å². The monoisotopic (exact) mass is 658 g/mol. The van der Waals surface area contributed by atoms with Gasteiger partial charge >= 0.3 is 0 Å². The third-order valence-electron chi connectivity index (χ3n) is 9.49. The van der Waals surface area contributed by atoms with Crippen LogP contribution in [0.3, 0.4) is 0 Å². The summed E-state index contributed by atoms with van der Waals surface area (Å²) in [5, 5.41) is 12.5. The highest BCUT2D eigenvalue weighted by atomic mass is 16.7. The second kappa shape index (κ2) is 15.4. The Hall–Kier alpha value is -4.51. The quantitative estimate of drug-likeness (QED) is 0.169. The van der Waals surface area contributed by atoms with Gasteiger partial charge in [0, 0.05) is 38.2 Å². The van der Waals surface area contributed by atoms with E-state index in [0.717, 1.165) is 71.4 Å². The molecule has 2 aliphatic heterocycles. The SMILES string of the molecule is COCC1CCCN1CC1CC(c2ccc(CO)cc2)OC(c2ccc(-c3cccc(CNC(=O)c4cnc5ccccc5n4)c3)cc2)O1. The number of aliphatic hydroxyl groups excluding tert-OH is 1. The van der Waals surface area contributed by atoms with Crippen molar-refractivity contribution < 1.29 is 24.1 Å². The van der Waals surface area contributed by atoms with Crippen molar-refractivity contribution in [3.8, 4) is 11.1 Å². The van der Waals surface area contributed by atoms with E-state index < -0.39 is 6.29 Å². The maximum Gasteiger partial charge on any atom is 0.271 e. The zero-order valence-corrected chi connectivity index (χ0v) is 27.7. The highest BCUT2D eigenvalue weighted by Crippen LogP contribution is 2.39. The molecule has 0 spiro atoms. The van der Waals surface area contributed by atoms with Crippen LogP contribution in [0.25, 0.3) is 22.2 Å². The van der Waals surface area contributed by atoms with Crippen molar-refractivity contribution >= 4 is 16.9 Å². The Morgan fingerprint density at radius 3 is 2.51 bits per heavy atom. The van der Waals surface area contributed by atoms with Crippen LogP contribution in [0.15, 0.2) is 103 Å². The summed E-state index contributed by atoms with van der Waals surface area (Å²) in [5.41, 5.74) is 7.74. The number of carbonyl (C=O) groups excluding carboxylic acids is 1. The van der Waals surface area contributed by atoms with E-state index in [2.05, 4.69) is 56.6 Å². The topological polar surface area (TPSA) is 106 Å². The molecular formula is C40H42N4O5. The summed E-state index contributed by atoms with van der Waals surface area (Å²) in [6.07, 6.45) is 3.91. The van der Waals surface area contributed by atoms with E-state index in [1.807, 2.05) is 60.7 Å². The lowest BCUT2D eigenvalue weighted by molar-refractivity contribution is -0.253. The normalized spacial score (nSPS) is 21.2. The second-order valence-electron chi connectivity index (χ2n) is 12.8. The van der Waals surface area contributed by atoms with Gasteiger partial charge in [-0.2, -0.15) is 0 Å². The number of rotatable bonds is 11. The third-order valence-corrected chi connectivity index (χ3v) is 9.49. The first-order chi connectivity index (χ1) is 24.1. The van der Waals surface area contributed by atoms with Gasteiger partial charge in [-0.05, 0) is 65.4 Å². The molecule has 2 saturated heterocycles. The Morgan fingerprint density at radius 2 is 1.71 bits per heavy atom. The first-order valence-electron chi connectivity index (χ1n) is 17.0. The van der Waals surface area contributed by atoms with E-state index in [9.17, 15) is 9.90 Å². The molecule has 1 aromatic heterocycles. The molecule has 0 saturated carbocycles. The van der Waals surface area contributed by atoms with E-state index >= 15 is 0 Å². The summed E-state index contributed by atoms with van der Waals surface area (Å²) < 4.78 is 18.8. The van der Waals surface area contributed by atoms with Crippen molar-refractivity contribution in [2.75, 3.05) is 26.8 Å². The highest BCUT2D eigenvalue weighted by molar-refractivity contribution is 5.93. The fourth-order valence-electron chi connectivity index (χ4n) is 6.84. The van der Waals surface area contributed by atoms with Crippen LogP contribution in [-0.4, -0.2) is 64.8 Å². The van der Waals surface area contributed by atoms with Gasteiger partial charge in [0.05, 0.1) is 42.7 Å². The van der Waals surface area contributed by atoms with Crippen LogP contribution < -0.4 is 5.32 Å². The van der Waals surface area contributed by atoms with Crippen molar-refractivity contribution in [2.45, 2.75) is 57.0 Å². The minimum absolute atomic E-state index is 0.00844. The molecule has 4 aromatic carbocycles. The third kappa shape index (κ3) is 7.88. The van der Waals surface area contributed by atoms with Crippen molar-refractivity contribution in [1.82, 2.24) is 20.2 Å². The zero-order valence-electron chi connectivity index (χ0n) is 27.7. The lowest BCUT2D eigenvalue weighted by atomic mass is 9.98. The molecule has 4 atom stereocenters. The van der Waals surface area contributed by atoms with Gasteiger partial charge in [-0.3, -0.25) is 14.7 Å². The van der Waals surface area contributed by atoms with Gasteiger partial charge in [0.15, 0.2) is 6.29 Å². The number of benzene rings is 4. The van der Waals surface area contributed by atoms with Crippen molar-refractivity contribution in [2.24, 2.45) is 0 Å². The standard InChI is InChI=1S/C40H42N4O5/c1-47-26-33-8-5-19-44(33)24-34-21-38(30-13-11-27(25-45)12-14-30)49-40(48-34)31-17-15-29(16-18-31)32-7-4-6-28(20-32)22-42-39(46)37-23-41-35-9-2-3-10-36(35)43-37/h2-4,6-7,9-18,20,23,33-34,38,40,45H,5,8,19,21-22,24-26H2,1H3,(H,42,46). The van der Waals surface area contributed by atoms with Crippen LogP contribution >= 0.6 is 0 Å². The molecule has 2 N–H and O–H groups in total. The maximum atomic E-state index is 12.9. The smallest absolute Gasteiger partial charge is 0.271 e. The summed E-state index contributed by atoms with van der Waals surface area (Å²) in [7, 11) is 1.77. The predicted molar refractivity (Wildman–Crippen MR) is 187 cm³/mol. The summed E-state index contributed by atoms with van der Waals surface area (Å²) in [6.45, 7) is 2.98. The number of hydrogen-bond acceptors (Lipinski definition) is 8. The Morgan fingerprint density at radius 1 is 0.918 bits per heavy atom. The number of aliphatic hydroxyl groups is 1. The molecule has 2 aliphatic rings. The van der Waals surface area contributed by atoms with Gasteiger partial charge in [-0.15, -0.1) is 0 Å². The van der Waals surface area contributed by atoms with Crippen LogP contribution in [0.4, 0.5) is 0 Å². The maximum absolute atomic E-state index is 12.9. The average Bonchev–Trinajstić information content (AvgIpc) is 3.59. The molecule has 9 nitrogen and oxygen atoms in total. The fraction of sp³-hybridized carbons (Fsp3) is 0.325. The number of likely N-dealkylation sites (tertiary alicyclic amines) is 1. The predicted octanol–water partition coefficient (Wildman–Crippen LogP) is 6.38. The molecule has 252 valence electrons. The molecule has 5 aromatic rings. The molecule has 1 amide bonds. The molecular weight excluding hydrogens is 616 g/mol. The molecule has 7 rings (SSSR count). The summed E-state index contributed by atoms with van der Waals surface area (Å²) in [5.74, 6) is -0.264. The lowest BCUT2D eigenvalue weighted by Gasteiger charge is -2.38. The van der Waals surface area contributed by atoms with Crippen LogP contribution in [0.5, 0.6) is 0 Å². The van der Waals surface area contributed by atoms with E-state index in [1.54, 1.807) is 7.11 Å². The summed E-state index contributed by atoms with van der Waals surface area (Å²) in [4.78, 5) is 24.2. The van der Waals surface area contributed by atoms with Gasteiger partial charge in [-0.1, -0.05) is 78.9 Å². The van der Waals surface area contributed by atoms with Gasteiger partial charge in [0.2, 0.25) is 0 Å². The number of ether oxygens (including phenoxy) is 3. The van der Waals surface area contributed by atoms with Gasteiger partial charge < -0.3 is 24.6 Å².